The molecule has 1 aromatic heterocycles. The second-order valence-corrected chi connectivity index (χ2v) is 5.22. The van der Waals surface area contributed by atoms with Gasteiger partial charge < -0.3 is 10.6 Å². The van der Waals surface area contributed by atoms with E-state index in [2.05, 4.69) is 22.0 Å². The number of nitrogens with two attached hydrogens (primary N) is 1. The summed E-state index contributed by atoms with van der Waals surface area (Å²) in [6.45, 7) is 3.12. The summed E-state index contributed by atoms with van der Waals surface area (Å²) < 4.78 is 0. The van der Waals surface area contributed by atoms with Crippen LogP contribution in [0.15, 0.2) is 24.5 Å². The maximum atomic E-state index is 5.65. The average Bonchev–Trinajstić information content (AvgIpc) is 2.94. The molecule has 1 aliphatic carbocycles. The molecule has 1 aromatic rings. The van der Waals surface area contributed by atoms with Gasteiger partial charge in [-0.1, -0.05) is 12.8 Å². The molecule has 0 radical (unpaired) electrons. The third-order valence-electron chi connectivity index (χ3n) is 3.93. The van der Waals surface area contributed by atoms with E-state index in [-0.39, 0.29) is 0 Å². The number of rotatable bonds is 7. The van der Waals surface area contributed by atoms with Crippen LogP contribution in [0.4, 0.5) is 0 Å². The van der Waals surface area contributed by atoms with Crippen molar-refractivity contribution in [3.8, 4) is 0 Å². The number of aromatic nitrogens is 1. The molecule has 0 aromatic carbocycles. The van der Waals surface area contributed by atoms with E-state index in [4.69, 9.17) is 5.73 Å². The summed E-state index contributed by atoms with van der Waals surface area (Å²) in [7, 11) is 0. The summed E-state index contributed by atoms with van der Waals surface area (Å²) in [5.41, 5.74) is 7.04. The second kappa shape index (κ2) is 7.49. The Kier molecular flexibility index (Phi) is 5.62. The molecule has 100 valence electrons. The minimum Gasteiger partial charge on any atom is -0.330 e. The van der Waals surface area contributed by atoms with Crippen LogP contribution < -0.4 is 5.73 Å². The van der Waals surface area contributed by atoms with E-state index in [9.17, 15) is 0 Å². The quantitative estimate of drug-likeness (QED) is 0.803. The third-order valence-corrected chi connectivity index (χ3v) is 3.93. The zero-order valence-electron chi connectivity index (χ0n) is 11.2. The average molecular weight is 247 g/mol. The van der Waals surface area contributed by atoms with Crippen molar-refractivity contribution in [3.63, 3.8) is 0 Å². The van der Waals surface area contributed by atoms with Gasteiger partial charge in [-0.3, -0.25) is 4.98 Å². The molecule has 1 aliphatic rings. The van der Waals surface area contributed by atoms with Gasteiger partial charge in [0.25, 0.3) is 0 Å². The molecule has 0 saturated heterocycles. The molecule has 0 amide bonds. The van der Waals surface area contributed by atoms with Crippen LogP contribution in [0.25, 0.3) is 0 Å². The van der Waals surface area contributed by atoms with E-state index in [1.165, 1.54) is 31.2 Å². The summed E-state index contributed by atoms with van der Waals surface area (Å²) in [6.07, 6.45) is 11.6. The molecule has 1 fully saturated rings. The Balaban J connectivity index is 1.84. The molecule has 1 saturated carbocycles. The molecule has 0 bridgehead atoms. The first-order valence-corrected chi connectivity index (χ1v) is 7.23. The fourth-order valence-corrected chi connectivity index (χ4v) is 2.86. The highest BCUT2D eigenvalue weighted by Gasteiger charge is 2.21. The van der Waals surface area contributed by atoms with Crippen LogP contribution in [0.2, 0.25) is 0 Å². The van der Waals surface area contributed by atoms with Crippen molar-refractivity contribution in [2.75, 3.05) is 19.6 Å². The first-order valence-electron chi connectivity index (χ1n) is 7.23. The van der Waals surface area contributed by atoms with Gasteiger partial charge in [0, 0.05) is 25.0 Å². The molecule has 2 rings (SSSR count). The van der Waals surface area contributed by atoms with Crippen molar-refractivity contribution in [1.29, 1.82) is 0 Å². The maximum Gasteiger partial charge on any atom is 0.0270 e. The Morgan fingerprint density at radius 1 is 1.17 bits per heavy atom. The van der Waals surface area contributed by atoms with Crippen LogP contribution in [-0.2, 0) is 6.42 Å². The van der Waals surface area contributed by atoms with E-state index in [0.717, 1.165) is 38.5 Å². The largest absolute Gasteiger partial charge is 0.330 e. The number of hydrogen-bond acceptors (Lipinski definition) is 3. The van der Waals surface area contributed by atoms with Crippen molar-refractivity contribution >= 4 is 0 Å². The fourth-order valence-electron chi connectivity index (χ4n) is 2.86. The molecule has 18 heavy (non-hydrogen) atoms. The van der Waals surface area contributed by atoms with Gasteiger partial charge in [0.1, 0.15) is 0 Å². The Labute approximate surface area is 110 Å². The highest BCUT2D eigenvalue weighted by Crippen LogP contribution is 2.23. The van der Waals surface area contributed by atoms with Crippen molar-refractivity contribution in [2.45, 2.75) is 44.6 Å². The van der Waals surface area contributed by atoms with E-state index in [1.54, 1.807) is 0 Å². The van der Waals surface area contributed by atoms with Crippen molar-refractivity contribution in [2.24, 2.45) is 5.73 Å². The van der Waals surface area contributed by atoms with Crippen molar-refractivity contribution in [1.82, 2.24) is 9.88 Å². The van der Waals surface area contributed by atoms with Gasteiger partial charge in [-0.15, -0.1) is 0 Å². The lowest BCUT2D eigenvalue weighted by Gasteiger charge is -2.28. The first kappa shape index (κ1) is 13.5. The Bertz CT molecular complexity index is 320. The normalized spacial score (nSPS) is 16.6. The molecule has 0 unspecified atom stereocenters. The predicted octanol–water partition coefficient (Wildman–Crippen LogP) is 2.22. The summed E-state index contributed by atoms with van der Waals surface area (Å²) >= 11 is 0. The lowest BCUT2D eigenvalue weighted by molar-refractivity contribution is 0.199. The Morgan fingerprint density at radius 3 is 2.56 bits per heavy atom. The molecule has 3 nitrogen and oxygen atoms in total. The SMILES string of the molecule is NCCCN(CCc1ccncc1)C1CCCC1. The minimum absolute atomic E-state index is 0.804. The van der Waals surface area contributed by atoms with Crippen LogP contribution in [-0.4, -0.2) is 35.6 Å². The second-order valence-electron chi connectivity index (χ2n) is 5.22. The maximum absolute atomic E-state index is 5.65. The number of hydrogen-bond donors (Lipinski definition) is 1. The minimum atomic E-state index is 0.804. The molecule has 3 heteroatoms. The zero-order chi connectivity index (χ0) is 12.6. The van der Waals surface area contributed by atoms with Crippen LogP contribution in [0, 0.1) is 0 Å². The van der Waals surface area contributed by atoms with E-state index >= 15 is 0 Å². The molecular weight excluding hydrogens is 222 g/mol. The van der Waals surface area contributed by atoms with Gasteiger partial charge in [-0.05, 0) is 56.5 Å². The van der Waals surface area contributed by atoms with Crippen LogP contribution >= 0.6 is 0 Å². The van der Waals surface area contributed by atoms with E-state index in [1.807, 2.05) is 12.4 Å². The molecule has 2 N–H and O–H groups in total. The molecule has 0 atom stereocenters. The van der Waals surface area contributed by atoms with Gasteiger partial charge in [0.2, 0.25) is 0 Å². The van der Waals surface area contributed by atoms with E-state index in [0.29, 0.717) is 0 Å². The summed E-state index contributed by atoms with van der Waals surface area (Å²) in [5, 5.41) is 0. The van der Waals surface area contributed by atoms with Crippen molar-refractivity contribution < 1.29 is 0 Å². The molecule has 0 aliphatic heterocycles. The van der Waals surface area contributed by atoms with Crippen molar-refractivity contribution in [3.05, 3.63) is 30.1 Å². The monoisotopic (exact) mass is 247 g/mol. The summed E-state index contributed by atoms with van der Waals surface area (Å²) in [4.78, 5) is 6.72. The highest BCUT2D eigenvalue weighted by molar-refractivity contribution is 5.10. The zero-order valence-corrected chi connectivity index (χ0v) is 11.2. The highest BCUT2D eigenvalue weighted by atomic mass is 15.2. The number of nitrogens with zero attached hydrogens (tertiary/aromatic N) is 2. The smallest absolute Gasteiger partial charge is 0.0270 e. The van der Waals surface area contributed by atoms with E-state index < -0.39 is 0 Å². The van der Waals surface area contributed by atoms with Gasteiger partial charge in [-0.2, -0.15) is 0 Å². The Hall–Kier alpha value is -0.930. The fraction of sp³-hybridized carbons (Fsp3) is 0.667. The third kappa shape index (κ3) is 4.07. The summed E-state index contributed by atoms with van der Waals surface area (Å²) in [5.74, 6) is 0. The number of pyridine rings is 1. The Morgan fingerprint density at radius 2 is 1.89 bits per heavy atom. The molecular formula is C15H25N3. The lowest BCUT2D eigenvalue weighted by Crippen LogP contribution is -2.36. The van der Waals surface area contributed by atoms with Crippen LogP contribution in [0.3, 0.4) is 0 Å². The van der Waals surface area contributed by atoms with Gasteiger partial charge in [-0.25, -0.2) is 0 Å². The van der Waals surface area contributed by atoms with Crippen LogP contribution in [0.5, 0.6) is 0 Å². The molecule has 0 spiro atoms. The van der Waals surface area contributed by atoms with Gasteiger partial charge >= 0.3 is 0 Å². The van der Waals surface area contributed by atoms with Gasteiger partial charge in [0.05, 0.1) is 0 Å². The standard InChI is InChI=1S/C15H25N3/c16-9-3-12-18(15-4-1-2-5-15)13-8-14-6-10-17-11-7-14/h6-7,10-11,15H,1-5,8-9,12-13,16H2. The predicted molar refractivity (Wildman–Crippen MR) is 75.4 cm³/mol. The lowest BCUT2D eigenvalue weighted by atomic mass is 10.1. The topological polar surface area (TPSA) is 42.1 Å². The van der Waals surface area contributed by atoms with Crippen LogP contribution in [0.1, 0.15) is 37.7 Å². The summed E-state index contributed by atoms with van der Waals surface area (Å²) in [6, 6.07) is 5.05. The molecule has 1 heterocycles. The van der Waals surface area contributed by atoms with Gasteiger partial charge in [0.15, 0.2) is 0 Å². The first-order chi connectivity index (χ1) is 8.90.